The maximum absolute atomic E-state index is 11.6. The molecule has 0 atom stereocenters. The quantitative estimate of drug-likeness (QED) is 0.582. The monoisotopic (exact) mass is 310 g/mol. The Morgan fingerprint density at radius 2 is 2.33 bits per heavy atom. The van der Waals surface area contributed by atoms with Gasteiger partial charge in [-0.05, 0) is 6.92 Å². The van der Waals surface area contributed by atoms with E-state index in [1.807, 2.05) is 6.92 Å². The number of aryl methyl sites for hydroxylation is 2. The highest BCUT2D eigenvalue weighted by Gasteiger charge is 2.16. The van der Waals surface area contributed by atoms with E-state index in [1.165, 1.54) is 18.0 Å². The summed E-state index contributed by atoms with van der Waals surface area (Å²) in [4.78, 5) is 15.9. The van der Waals surface area contributed by atoms with E-state index in [2.05, 4.69) is 20.3 Å². The van der Waals surface area contributed by atoms with Gasteiger partial charge in [0.15, 0.2) is 0 Å². The number of rotatable bonds is 7. The van der Waals surface area contributed by atoms with Gasteiger partial charge in [0, 0.05) is 12.2 Å². The van der Waals surface area contributed by atoms with Crippen molar-refractivity contribution in [2.24, 2.45) is 0 Å². The van der Waals surface area contributed by atoms with E-state index >= 15 is 0 Å². The summed E-state index contributed by atoms with van der Waals surface area (Å²) in [5, 5.41) is 11.7. The molecule has 9 heteroatoms. The van der Waals surface area contributed by atoms with Crippen LogP contribution in [0, 0.1) is 0 Å². The summed E-state index contributed by atoms with van der Waals surface area (Å²) in [6, 6.07) is 0. The third-order valence-corrected chi connectivity index (χ3v) is 3.58. The first-order valence-corrected chi connectivity index (χ1v) is 7.66. The largest absolute Gasteiger partial charge is 0.462 e. The van der Waals surface area contributed by atoms with Crippen molar-refractivity contribution in [2.45, 2.75) is 32.0 Å². The van der Waals surface area contributed by atoms with Crippen LogP contribution < -0.4 is 5.73 Å². The molecule has 0 saturated heterocycles. The van der Waals surface area contributed by atoms with Crippen LogP contribution in [-0.4, -0.2) is 43.3 Å². The minimum Gasteiger partial charge on any atom is -0.462 e. The highest BCUT2D eigenvalue weighted by atomic mass is 32.2. The molecule has 0 fully saturated rings. The van der Waals surface area contributed by atoms with E-state index in [1.54, 1.807) is 11.6 Å². The number of aromatic nitrogens is 5. The first-order chi connectivity index (χ1) is 10.2. The molecule has 0 saturated carbocycles. The summed E-state index contributed by atoms with van der Waals surface area (Å²) < 4.78 is 6.49. The summed E-state index contributed by atoms with van der Waals surface area (Å²) in [5.41, 5.74) is 6.19. The topological polar surface area (TPSA) is 112 Å². The van der Waals surface area contributed by atoms with Crippen LogP contribution in [0.15, 0.2) is 11.4 Å². The molecule has 0 amide bonds. The Morgan fingerprint density at radius 3 is 3.00 bits per heavy atom. The highest BCUT2D eigenvalue weighted by Crippen LogP contribution is 2.16. The number of nitrogen functional groups attached to an aromatic ring is 1. The molecule has 0 aliphatic carbocycles. The Labute approximate surface area is 126 Å². The van der Waals surface area contributed by atoms with Crippen molar-refractivity contribution in [3.05, 3.63) is 17.6 Å². The fourth-order valence-corrected chi connectivity index (χ4v) is 2.39. The van der Waals surface area contributed by atoms with E-state index < -0.39 is 5.97 Å². The van der Waals surface area contributed by atoms with Gasteiger partial charge >= 0.3 is 5.97 Å². The van der Waals surface area contributed by atoms with Crippen molar-refractivity contribution < 1.29 is 9.53 Å². The Balaban J connectivity index is 1.90. The summed E-state index contributed by atoms with van der Waals surface area (Å²) >= 11 is 1.50. The lowest BCUT2D eigenvalue weighted by Crippen LogP contribution is -2.10. The molecule has 0 spiro atoms. The number of anilines is 1. The van der Waals surface area contributed by atoms with Gasteiger partial charge in [0.2, 0.25) is 5.16 Å². The molecule has 2 heterocycles. The molecule has 0 radical (unpaired) electrons. The van der Waals surface area contributed by atoms with Gasteiger partial charge in [0.25, 0.3) is 0 Å². The number of nitrogens with zero attached hydrogens (tertiary/aromatic N) is 4. The fourth-order valence-electron chi connectivity index (χ4n) is 1.66. The number of esters is 1. The Bertz CT molecular complexity index is 609. The second kappa shape index (κ2) is 7.11. The van der Waals surface area contributed by atoms with Crippen LogP contribution >= 0.6 is 11.8 Å². The average Bonchev–Trinajstić information content (AvgIpc) is 3.07. The highest BCUT2D eigenvalue weighted by molar-refractivity contribution is 7.99. The molecule has 0 aromatic carbocycles. The number of nitrogens with one attached hydrogen (secondary N) is 1. The van der Waals surface area contributed by atoms with Crippen molar-refractivity contribution in [2.75, 3.05) is 18.1 Å². The van der Waals surface area contributed by atoms with E-state index in [0.29, 0.717) is 35.4 Å². The lowest BCUT2D eigenvalue weighted by atomic mass is 10.3. The minimum atomic E-state index is -0.449. The van der Waals surface area contributed by atoms with Crippen LogP contribution in [0.25, 0.3) is 0 Å². The molecular formula is C12H18N6O2S. The van der Waals surface area contributed by atoms with Crippen molar-refractivity contribution in [1.29, 1.82) is 0 Å². The molecule has 8 nitrogen and oxygen atoms in total. The molecule has 0 bridgehead atoms. The van der Waals surface area contributed by atoms with Crippen LogP contribution in [-0.2, 0) is 17.7 Å². The smallest absolute Gasteiger partial charge is 0.343 e. The van der Waals surface area contributed by atoms with Crippen LogP contribution in [0.4, 0.5) is 5.82 Å². The molecular weight excluding hydrogens is 292 g/mol. The molecule has 2 rings (SSSR count). The van der Waals surface area contributed by atoms with Gasteiger partial charge in [0.1, 0.15) is 17.2 Å². The van der Waals surface area contributed by atoms with Crippen molar-refractivity contribution >= 4 is 23.5 Å². The number of hydrogen-bond acceptors (Lipinski definition) is 7. The Hall–Kier alpha value is -2.03. The lowest BCUT2D eigenvalue weighted by molar-refractivity contribution is 0.0527. The summed E-state index contributed by atoms with van der Waals surface area (Å²) in [5.74, 6) is 1.43. The van der Waals surface area contributed by atoms with Gasteiger partial charge in [0.05, 0.1) is 19.3 Å². The molecule has 0 unspecified atom stereocenters. The van der Waals surface area contributed by atoms with Crippen molar-refractivity contribution in [1.82, 2.24) is 25.0 Å². The fraction of sp³-hybridized carbons (Fsp3) is 0.500. The molecule has 0 aliphatic heterocycles. The third kappa shape index (κ3) is 3.75. The summed E-state index contributed by atoms with van der Waals surface area (Å²) in [6.07, 6.45) is 2.25. The minimum absolute atomic E-state index is 0.299. The number of nitrogens with two attached hydrogens (primary N) is 1. The number of thioether (sulfide) groups is 1. The van der Waals surface area contributed by atoms with E-state index in [0.717, 1.165) is 12.2 Å². The summed E-state index contributed by atoms with van der Waals surface area (Å²) in [7, 11) is 0. The molecule has 3 N–H and O–H groups in total. The van der Waals surface area contributed by atoms with Crippen LogP contribution in [0.1, 0.15) is 30.0 Å². The van der Waals surface area contributed by atoms with Crippen LogP contribution in [0.5, 0.6) is 0 Å². The van der Waals surface area contributed by atoms with Gasteiger partial charge < -0.3 is 10.5 Å². The van der Waals surface area contributed by atoms with E-state index in [-0.39, 0.29) is 0 Å². The van der Waals surface area contributed by atoms with Gasteiger partial charge in [-0.25, -0.2) is 14.5 Å². The lowest BCUT2D eigenvalue weighted by Gasteiger charge is -2.04. The molecule has 2 aromatic heterocycles. The maximum atomic E-state index is 11.6. The number of carbonyl (C=O) groups excluding carboxylic acids is 1. The predicted octanol–water partition coefficient (Wildman–Crippen LogP) is 1.11. The van der Waals surface area contributed by atoms with Gasteiger partial charge in [-0.3, -0.25) is 5.10 Å². The van der Waals surface area contributed by atoms with E-state index in [9.17, 15) is 4.79 Å². The average molecular weight is 310 g/mol. The zero-order valence-electron chi connectivity index (χ0n) is 12.0. The zero-order valence-corrected chi connectivity index (χ0v) is 12.8. The van der Waals surface area contributed by atoms with E-state index in [4.69, 9.17) is 10.5 Å². The maximum Gasteiger partial charge on any atom is 0.343 e. The zero-order chi connectivity index (χ0) is 15.2. The summed E-state index contributed by atoms with van der Waals surface area (Å²) in [6.45, 7) is 4.63. The first-order valence-electron chi connectivity index (χ1n) is 6.68. The standard InChI is InChI=1S/C12H18N6O2S/c1-3-9-15-12(17-16-9)21-6-5-18-10(13)8(7-14-18)11(19)20-4-2/h7H,3-6,13H2,1-2H3,(H,15,16,17). The van der Waals surface area contributed by atoms with Crippen LogP contribution in [0.3, 0.4) is 0 Å². The third-order valence-electron chi connectivity index (χ3n) is 2.76. The number of H-pyrrole nitrogens is 1. The van der Waals surface area contributed by atoms with Gasteiger partial charge in [-0.15, -0.1) is 5.10 Å². The number of carbonyl (C=O) groups is 1. The second-order valence-corrected chi connectivity index (χ2v) is 5.22. The first kappa shape index (κ1) is 15.4. The van der Waals surface area contributed by atoms with Gasteiger partial charge in [-0.2, -0.15) is 5.10 Å². The second-order valence-electron chi connectivity index (χ2n) is 4.15. The normalized spacial score (nSPS) is 10.8. The predicted molar refractivity (Wildman–Crippen MR) is 79.1 cm³/mol. The van der Waals surface area contributed by atoms with Crippen LogP contribution in [0.2, 0.25) is 0 Å². The van der Waals surface area contributed by atoms with Crippen molar-refractivity contribution in [3.63, 3.8) is 0 Å². The number of ether oxygens (including phenoxy) is 1. The number of hydrogen-bond donors (Lipinski definition) is 2. The molecule has 114 valence electrons. The molecule has 21 heavy (non-hydrogen) atoms. The SMILES string of the molecule is CCOC(=O)c1cnn(CCSc2n[nH]c(CC)n2)c1N. The Kier molecular flexibility index (Phi) is 5.20. The number of aromatic amines is 1. The van der Waals surface area contributed by atoms with Crippen molar-refractivity contribution in [3.8, 4) is 0 Å². The Morgan fingerprint density at radius 1 is 1.52 bits per heavy atom. The molecule has 2 aromatic rings. The molecule has 0 aliphatic rings. The van der Waals surface area contributed by atoms with Gasteiger partial charge in [-0.1, -0.05) is 18.7 Å².